The van der Waals surface area contributed by atoms with Crippen molar-refractivity contribution in [3.63, 3.8) is 0 Å². The Kier molecular flexibility index (Phi) is 3.76. The third-order valence-corrected chi connectivity index (χ3v) is 3.05. The molecule has 1 aliphatic heterocycles. The number of aromatic nitrogens is 1. The minimum Gasteiger partial charge on any atom is -0.368 e. The number of rotatable bonds is 3. The fraction of sp³-hybridized carbons (Fsp3) is 0.364. The van der Waals surface area contributed by atoms with E-state index in [1.807, 2.05) is 0 Å². The minimum atomic E-state index is -0.733. The first-order valence-corrected chi connectivity index (χ1v) is 5.86. The molecular formula is C11H12N6O3. The van der Waals surface area contributed by atoms with Crippen LogP contribution in [0.1, 0.15) is 5.56 Å². The molecule has 1 aromatic rings. The van der Waals surface area contributed by atoms with Crippen LogP contribution in [0.4, 0.5) is 11.5 Å². The van der Waals surface area contributed by atoms with E-state index in [-0.39, 0.29) is 17.9 Å². The van der Waals surface area contributed by atoms with Gasteiger partial charge in [0, 0.05) is 25.8 Å². The monoisotopic (exact) mass is 276 g/mol. The van der Waals surface area contributed by atoms with Gasteiger partial charge in [0.15, 0.2) is 0 Å². The van der Waals surface area contributed by atoms with Crippen molar-refractivity contribution < 1.29 is 9.72 Å². The van der Waals surface area contributed by atoms with Crippen molar-refractivity contribution in [1.29, 1.82) is 5.26 Å². The van der Waals surface area contributed by atoms with Crippen molar-refractivity contribution in [1.82, 2.24) is 10.3 Å². The van der Waals surface area contributed by atoms with Crippen molar-refractivity contribution in [2.24, 2.45) is 5.73 Å². The number of carbonyl (C=O) groups excluding carboxylic acids is 1. The van der Waals surface area contributed by atoms with Gasteiger partial charge in [-0.2, -0.15) is 5.26 Å². The Balaban J connectivity index is 2.53. The van der Waals surface area contributed by atoms with Crippen LogP contribution >= 0.6 is 0 Å². The minimum absolute atomic E-state index is 0.000602. The van der Waals surface area contributed by atoms with Crippen LogP contribution in [-0.4, -0.2) is 41.5 Å². The molecule has 1 atom stereocenters. The summed E-state index contributed by atoms with van der Waals surface area (Å²) in [7, 11) is 0. The van der Waals surface area contributed by atoms with E-state index in [4.69, 9.17) is 11.0 Å². The molecular weight excluding hydrogens is 264 g/mol. The summed E-state index contributed by atoms with van der Waals surface area (Å²) in [6.07, 6.45) is 1.31. The molecule has 20 heavy (non-hydrogen) atoms. The zero-order valence-electron chi connectivity index (χ0n) is 10.4. The standard InChI is InChI=1S/C11H12N6O3/c12-5-7-1-2-15-11(9(7)17(19)20)16-4-3-14-6-8(16)10(13)18/h1-2,8,14H,3-4,6H2,(H2,13,18). The molecule has 3 N–H and O–H groups in total. The number of nitro groups is 1. The van der Waals surface area contributed by atoms with E-state index in [9.17, 15) is 14.9 Å². The van der Waals surface area contributed by atoms with E-state index in [1.165, 1.54) is 17.2 Å². The molecule has 1 unspecified atom stereocenters. The number of nitrogens with one attached hydrogen (secondary N) is 1. The number of nitrogens with two attached hydrogens (primary N) is 1. The molecule has 0 saturated carbocycles. The van der Waals surface area contributed by atoms with Gasteiger partial charge < -0.3 is 16.0 Å². The molecule has 1 aromatic heterocycles. The van der Waals surface area contributed by atoms with Crippen molar-refractivity contribution in [2.45, 2.75) is 6.04 Å². The average molecular weight is 276 g/mol. The third-order valence-electron chi connectivity index (χ3n) is 3.05. The van der Waals surface area contributed by atoms with E-state index in [0.29, 0.717) is 13.1 Å². The van der Waals surface area contributed by atoms with Gasteiger partial charge in [-0.3, -0.25) is 14.9 Å². The van der Waals surface area contributed by atoms with Crippen LogP contribution in [-0.2, 0) is 4.79 Å². The van der Waals surface area contributed by atoms with Crippen molar-refractivity contribution in [2.75, 3.05) is 24.5 Å². The second kappa shape index (κ2) is 5.50. The smallest absolute Gasteiger partial charge is 0.329 e. The van der Waals surface area contributed by atoms with Crippen LogP contribution in [0.5, 0.6) is 0 Å². The van der Waals surface area contributed by atoms with E-state index < -0.39 is 22.6 Å². The Bertz CT molecular complexity index is 596. The highest BCUT2D eigenvalue weighted by atomic mass is 16.6. The number of anilines is 1. The Labute approximate surface area is 114 Å². The van der Waals surface area contributed by atoms with E-state index >= 15 is 0 Å². The number of hydrogen-bond donors (Lipinski definition) is 2. The SMILES string of the molecule is N#Cc1ccnc(N2CCNCC2C(N)=O)c1[N+](=O)[O-]. The normalized spacial score (nSPS) is 18.4. The summed E-state index contributed by atoms with van der Waals surface area (Å²) in [6.45, 7) is 1.17. The van der Waals surface area contributed by atoms with Gasteiger partial charge in [0.2, 0.25) is 11.7 Å². The fourth-order valence-corrected chi connectivity index (χ4v) is 2.14. The van der Waals surface area contributed by atoms with Crippen LogP contribution in [0.3, 0.4) is 0 Å². The first-order chi connectivity index (χ1) is 9.56. The second-order valence-corrected chi connectivity index (χ2v) is 4.22. The van der Waals surface area contributed by atoms with Crippen LogP contribution in [0, 0.1) is 21.4 Å². The molecule has 0 radical (unpaired) electrons. The molecule has 1 aliphatic rings. The van der Waals surface area contributed by atoms with Crippen LogP contribution in [0.25, 0.3) is 0 Å². The highest BCUT2D eigenvalue weighted by molar-refractivity contribution is 5.85. The summed E-state index contributed by atoms with van der Waals surface area (Å²) in [4.78, 5) is 27.4. The lowest BCUT2D eigenvalue weighted by atomic mass is 10.1. The second-order valence-electron chi connectivity index (χ2n) is 4.22. The molecule has 104 valence electrons. The van der Waals surface area contributed by atoms with Crippen molar-refractivity contribution in [3.05, 3.63) is 27.9 Å². The molecule has 1 saturated heterocycles. The number of nitriles is 1. The first kappa shape index (κ1) is 13.7. The number of primary amides is 1. The molecule has 1 amide bonds. The number of pyridine rings is 1. The summed E-state index contributed by atoms with van der Waals surface area (Å²) in [5.41, 5.74) is 4.81. The first-order valence-electron chi connectivity index (χ1n) is 5.86. The van der Waals surface area contributed by atoms with Crippen molar-refractivity contribution in [3.8, 4) is 6.07 Å². The number of piperazine rings is 1. The molecule has 2 heterocycles. The zero-order chi connectivity index (χ0) is 14.7. The summed E-state index contributed by atoms with van der Waals surface area (Å²) in [5.74, 6) is -0.602. The molecule has 0 aromatic carbocycles. The highest BCUT2D eigenvalue weighted by Gasteiger charge is 2.34. The quantitative estimate of drug-likeness (QED) is 0.540. The maximum Gasteiger partial charge on any atom is 0.329 e. The molecule has 2 rings (SSSR count). The maximum absolute atomic E-state index is 11.5. The van der Waals surface area contributed by atoms with Crippen LogP contribution < -0.4 is 16.0 Å². The van der Waals surface area contributed by atoms with Crippen LogP contribution in [0.2, 0.25) is 0 Å². The lowest BCUT2D eigenvalue weighted by molar-refractivity contribution is -0.384. The van der Waals surface area contributed by atoms with Gasteiger partial charge in [-0.05, 0) is 6.07 Å². The van der Waals surface area contributed by atoms with Crippen molar-refractivity contribution >= 4 is 17.4 Å². The Hall–Kier alpha value is -2.73. The predicted molar refractivity (Wildman–Crippen MR) is 68.8 cm³/mol. The van der Waals surface area contributed by atoms with Gasteiger partial charge in [0.25, 0.3) is 0 Å². The summed E-state index contributed by atoms with van der Waals surface area (Å²) in [5, 5.41) is 23.1. The van der Waals surface area contributed by atoms with Gasteiger partial charge >= 0.3 is 5.69 Å². The number of amides is 1. The largest absolute Gasteiger partial charge is 0.368 e. The lowest BCUT2D eigenvalue weighted by Gasteiger charge is -2.34. The summed E-state index contributed by atoms with van der Waals surface area (Å²) in [6, 6.07) is 2.29. The molecule has 0 spiro atoms. The zero-order valence-corrected chi connectivity index (χ0v) is 10.4. The van der Waals surface area contributed by atoms with Gasteiger partial charge in [-0.15, -0.1) is 0 Å². The van der Waals surface area contributed by atoms with Gasteiger partial charge in [-0.1, -0.05) is 0 Å². The maximum atomic E-state index is 11.5. The Morgan fingerprint density at radius 3 is 3.05 bits per heavy atom. The van der Waals surface area contributed by atoms with Gasteiger partial charge in [0.1, 0.15) is 17.7 Å². The lowest BCUT2D eigenvalue weighted by Crippen LogP contribution is -2.57. The fourth-order valence-electron chi connectivity index (χ4n) is 2.14. The van der Waals surface area contributed by atoms with E-state index in [1.54, 1.807) is 6.07 Å². The van der Waals surface area contributed by atoms with E-state index in [0.717, 1.165) is 0 Å². The van der Waals surface area contributed by atoms with Crippen LogP contribution in [0.15, 0.2) is 12.3 Å². The summed E-state index contributed by atoms with van der Waals surface area (Å²) < 4.78 is 0. The third kappa shape index (κ3) is 2.36. The molecule has 1 fully saturated rings. The molecule has 9 heteroatoms. The highest BCUT2D eigenvalue weighted by Crippen LogP contribution is 2.30. The van der Waals surface area contributed by atoms with Gasteiger partial charge in [0.05, 0.1) is 4.92 Å². The summed E-state index contributed by atoms with van der Waals surface area (Å²) >= 11 is 0. The number of carbonyl (C=O) groups is 1. The number of nitrogens with zero attached hydrogens (tertiary/aromatic N) is 4. The molecule has 0 bridgehead atoms. The average Bonchev–Trinajstić information content (AvgIpc) is 2.46. The number of hydrogen-bond acceptors (Lipinski definition) is 7. The molecule has 0 aliphatic carbocycles. The Morgan fingerprint density at radius 1 is 1.70 bits per heavy atom. The van der Waals surface area contributed by atoms with E-state index in [2.05, 4.69) is 10.3 Å². The topological polar surface area (TPSA) is 138 Å². The Morgan fingerprint density at radius 2 is 2.45 bits per heavy atom. The predicted octanol–water partition coefficient (Wildman–Crippen LogP) is -0.875. The van der Waals surface area contributed by atoms with Gasteiger partial charge in [-0.25, -0.2) is 4.98 Å². The molecule has 9 nitrogen and oxygen atoms in total.